The Morgan fingerprint density at radius 2 is 1.67 bits per heavy atom. The molecular formula is C6H12F2S. The van der Waals surface area contributed by atoms with Gasteiger partial charge in [-0.25, -0.2) is 4.39 Å². The zero-order valence-corrected chi connectivity index (χ0v) is 6.60. The average Bonchev–Trinajstić information content (AvgIpc) is 1.88. The lowest BCUT2D eigenvalue weighted by atomic mass is 10.4. The Kier molecular flexibility index (Phi) is 14.1. The van der Waals surface area contributed by atoms with Gasteiger partial charge in [0, 0.05) is 4.86 Å². The second kappa shape index (κ2) is 10.8. The topological polar surface area (TPSA) is 0 Å². The lowest BCUT2D eigenvalue weighted by molar-refractivity contribution is 0.527. The maximum absolute atomic E-state index is 11.2. The van der Waals surface area contributed by atoms with Crippen molar-refractivity contribution in [3.05, 3.63) is 0 Å². The Balaban J connectivity index is 0. The minimum Gasteiger partial charge on any atom is -0.251 e. The molecule has 9 heavy (non-hydrogen) atoms. The minimum atomic E-state index is -0.439. The molecular weight excluding hydrogens is 142 g/mol. The van der Waals surface area contributed by atoms with Gasteiger partial charge < -0.3 is 0 Å². The second-order valence-electron chi connectivity index (χ2n) is 1.29. The Morgan fingerprint density at radius 1 is 1.33 bits per heavy atom. The first-order valence-corrected chi connectivity index (χ1v) is 3.27. The van der Waals surface area contributed by atoms with Crippen molar-refractivity contribution >= 4 is 17.1 Å². The van der Waals surface area contributed by atoms with Gasteiger partial charge in [0.15, 0.2) is 0 Å². The van der Waals surface area contributed by atoms with Crippen molar-refractivity contribution in [1.29, 1.82) is 0 Å². The first-order valence-electron chi connectivity index (χ1n) is 2.86. The summed E-state index contributed by atoms with van der Waals surface area (Å²) in [5.74, 6) is 0. The third-order valence-corrected chi connectivity index (χ3v) is 0.941. The van der Waals surface area contributed by atoms with E-state index in [4.69, 9.17) is 0 Å². The van der Waals surface area contributed by atoms with Crippen molar-refractivity contribution in [2.45, 2.75) is 20.3 Å². The summed E-state index contributed by atoms with van der Waals surface area (Å²) < 4.78 is 21.5. The molecule has 3 heteroatoms. The number of hydrogen-bond donors (Lipinski definition) is 0. The smallest absolute Gasteiger partial charge is 0.121 e. The number of thiocarbonyl (C=S) groups is 1. The summed E-state index contributed by atoms with van der Waals surface area (Å²) in [5, 5.41) is 0. The first-order chi connectivity index (χ1) is 4.22. The molecule has 0 N–H and O–H groups in total. The Bertz CT molecular complexity index is 58.1. The van der Waals surface area contributed by atoms with Gasteiger partial charge in [0.05, 0.1) is 6.67 Å². The molecule has 0 aromatic carbocycles. The molecule has 0 aromatic rings. The highest BCUT2D eigenvalue weighted by Gasteiger charge is 1.84. The van der Waals surface area contributed by atoms with Crippen LogP contribution in [0.15, 0.2) is 0 Å². The maximum Gasteiger partial charge on any atom is 0.121 e. The molecule has 0 atom stereocenters. The SMILES string of the molecule is CCC(=S)CF.CCF. The Hall–Kier alpha value is -0.0500. The number of alkyl halides is 2. The molecule has 0 fully saturated rings. The van der Waals surface area contributed by atoms with Crippen LogP contribution in [0, 0.1) is 0 Å². The van der Waals surface area contributed by atoms with Crippen molar-refractivity contribution in [3.63, 3.8) is 0 Å². The summed E-state index contributed by atoms with van der Waals surface area (Å²) in [6.07, 6.45) is 0.686. The van der Waals surface area contributed by atoms with Gasteiger partial charge >= 0.3 is 0 Å². The van der Waals surface area contributed by atoms with Crippen LogP contribution in [0.1, 0.15) is 20.3 Å². The predicted octanol–water partition coefficient (Wildman–Crippen LogP) is 2.71. The quantitative estimate of drug-likeness (QED) is 0.551. The molecule has 0 saturated carbocycles. The van der Waals surface area contributed by atoms with Crippen LogP contribution in [0.3, 0.4) is 0 Å². The van der Waals surface area contributed by atoms with Crippen molar-refractivity contribution in [3.8, 4) is 0 Å². The van der Waals surface area contributed by atoms with Crippen molar-refractivity contribution in [1.82, 2.24) is 0 Å². The van der Waals surface area contributed by atoms with Crippen LogP contribution in [-0.4, -0.2) is 18.2 Å². The highest BCUT2D eigenvalue weighted by Crippen LogP contribution is 1.83. The first kappa shape index (κ1) is 11.7. The molecule has 0 radical (unpaired) electrons. The molecule has 0 amide bonds. The van der Waals surface area contributed by atoms with Crippen molar-refractivity contribution in [2.24, 2.45) is 0 Å². The van der Waals surface area contributed by atoms with E-state index in [1.807, 2.05) is 6.92 Å². The van der Waals surface area contributed by atoms with Crippen LogP contribution >= 0.6 is 12.2 Å². The summed E-state index contributed by atoms with van der Waals surface area (Å²) in [7, 11) is 0. The molecule has 0 spiro atoms. The van der Waals surface area contributed by atoms with Crippen molar-refractivity contribution < 1.29 is 8.78 Å². The van der Waals surface area contributed by atoms with E-state index in [0.29, 0.717) is 11.3 Å². The highest BCUT2D eigenvalue weighted by molar-refractivity contribution is 7.80. The molecule has 0 rings (SSSR count). The molecule has 0 aliphatic rings. The largest absolute Gasteiger partial charge is 0.251 e. The molecule has 0 saturated heterocycles. The zero-order chi connectivity index (χ0) is 7.70. The standard InChI is InChI=1S/C4H7FS.C2H5F/c1-2-4(6)3-5;1-2-3/h2-3H2,1H3;2H2,1H3. The van der Waals surface area contributed by atoms with Crippen LogP contribution in [0.25, 0.3) is 0 Å². The Morgan fingerprint density at radius 3 is 1.67 bits per heavy atom. The van der Waals surface area contributed by atoms with Gasteiger partial charge in [-0.15, -0.1) is 0 Å². The van der Waals surface area contributed by atoms with Crippen LogP contribution in [0.2, 0.25) is 0 Å². The normalized spacial score (nSPS) is 7.56. The molecule has 0 aliphatic carbocycles. The molecule has 56 valence electrons. The molecule has 0 bridgehead atoms. The zero-order valence-electron chi connectivity index (χ0n) is 5.79. The van der Waals surface area contributed by atoms with Gasteiger partial charge in [0.2, 0.25) is 0 Å². The van der Waals surface area contributed by atoms with Crippen LogP contribution in [-0.2, 0) is 0 Å². The van der Waals surface area contributed by atoms with Gasteiger partial charge in [-0.1, -0.05) is 19.1 Å². The molecule has 0 aromatic heterocycles. The molecule has 0 unspecified atom stereocenters. The summed E-state index contributed by atoms with van der Waals surface area (Å²) in [6.45, 7) is 2.62. The van der Waals surface area contributed by atoms with E-state index in [1.54, 1.807) is 0 Å². The summed E-state index contributed by atoms with van der Waals surface area (Å²) in [5.41, 5.74) is 0. The summed E-state index contributed by atoms with van der Waals surface area (Å²) >= 11 is 4.48. The fourth-order valence-electron chi connectivity index (χ4n) is 0.0945. The molecule has 0 heterocycles. The van der Waals surface area contributed by atoms with Crippen LogP contribution in [0.5, 0.6) is 0 Å². The van der Waals surface area contributed by atoms with Crippen molar-refractivity contribution in [2.75, 3.05) is 13.3 Å². The fourth-order valence-corrected chi connectivity index (χ4v) is 0.0945. The van der Waals surface area contributed by atoms with E-state index in [9.17, 15) is 8.78 Å². The predicted molar refractivity (Wildman–Crippen MR) is 40.5 cm³/mol. The second-order valence-corrected chi connectivity index (χ2v) is 1.87. The van der Waals surface area contributed by atoms with E-state index in [2.05, 4.69) is 12.2 Å². The lowest BCUT2D eigenvalue weighted by Gasteiger charge is -1.83. The van der Waals surface area contributed by atoms with E-state index < -0.39 is 6.67 Å². The van der Waals surface area contributed by atoms with E-state index in [0.717, 1.165) is 0 Å². The molecule has 0 nitrogen and oxygen atoms in total. The van der Waals surface area contributed by atoms with Gasteiger partial charge in [0.25, 0.3) is 0 Å². The number of rotatable bonds is 2. The van der Waals surface area contributed by atoms with E-state index >= 15 is 0 Å². The highest BCUT2D eigenvalue weighted by atomic mass is 32.1. The average molecular weight is 154 g/mol. The van der Waals surface area contributed by atoms with Crippen LogP contribution in [0.4, 0.5) is 8.78 Å². The lowest BCUT2D eigenvalue weighted by Crippen LogP contribution is -1.90. The third-order valence-electron chi connectivity index (χ3n) is 0.543. The van der Waals surface area contributed by atoms with Gasteiger partial charge in [-0.3, -0.25) is 4.39 Å². The number of hydrogen-bond acceptors (Lipinski definition) is 1. The summed E-state index contributed by atoms with van der Waals surface area (Å²) in [6, 6.07) is 0. The van der Waals surface area contributed by atoms with E-state index in [-0.39, 0.29) is 6.67 Å². The number of halogens is 2. The third kappa shape index (κ3) is 18.0. The minimum absolute atomic E-state index is 0.250. The maximum atomic E-state index is 11.2. The summed E-state index contributed by atoms with van der Waals surface area (Å²) in [4.78, 5) is 0.509. The Labute approximate surface area is 60.3 Å². The molecule has 0 aliphatic heterocycles. The van der Waals surface area contributed by atoms with Gasteiger partial charge in [-0.05, 0) is 13.3 Å². The van der Waals surface area contributed by atoms with Gasteiger partial charge in [0.1, 0.15) is 6.67 Å². The van der Waals surface area contributed by atoms with Gasteiger partial charge in [-0.2, -0.15) is 0 Å². The van der Waals surface area contributed by atoms with E-state index in [1.165, 1.54) is 6.92 Å². The monoisotopic (exact) mass is 154 g/mol. The van der Waals surface area contributed by atoms with Crippen LogP contribution < -0.4 is 0 Å². The fraction of sp³-hybridized carbons (Fsp3) is 0.833.